The van der Waals surface area contributed by atoms with Crippen LogP contribution in [0.5, 0.6) is 17.5 Å². The van der Waals surface area contributed by atoms with Gasteiger partial charge in [-0.1, -0.05) is 42.5 Å². The monoisotopic (exact) mass is 502 g/mol. The van der Waals surface area contributed by atoms with Crippen molar-refractivity contribution in [3.8, 4) is 17.5 Å². The first-order chi connectivity index (χ1) is 17.5. The summed E-state index contributed by atoms with van der Waals surface area (Å²) < 4.78 is 12.2. The summed E-state index contributed by atoms with van der Waals surface area (Å²) in [5.41, 5.74) is 2.86. The van der Waals surface area contributed by atoms with Gasteiger partial charge in [0, 0.05) is 19.6 Å². The van der Waals surface area contributed by atoms with Gasteiger partial charge in [-0.05, 0) is 60.9 Å². The van der Waals surface area contributed by atoms with Gasteiger partial charge in [0.2, 0.25) is 11.8 Å². The fourth-order valence-electron chi connectivity index (χ4n) is 4.14. The molecule has 0 saturated carbocycles. The van der Waals surface area contributed by atoms with Crippen LogP contribution in [0.2, 0.25) is 0 Å². The maximum Gasteiger partial charge on any atom is 0.290 e. The number of amides is 2. The average molecular weight is 503 g/mol. The summed E-state index contributed by atoms with van der Waals surface area (Å²) >= 11 is 0.890. The first-order valence-corrected chi connectivity index (χ1v) is 12.6. The Balaban J connectivity index is 1.18. The molecule has 3 heterocycles. The number of nitrogens with zero attached hydrogens (tertiary/aromatic N) is 3. The second-order valence-electron chi connectivity index (χ2n) is 8.71. The molecule has 2 fully saturated rings. The van der Waals surface area contributed by atoms with E-state index in [-0.39, 0.29) is 17.3 Å². The Morgan fingerprint density at radius 1 is 1.03 bits per heavy atom. The lowest BCUT2D eigenvalue weighted by Crippen LogP contribution is -2.38. The number of imide groups is 1. The number of carbonyl (C=O) groups is 2. The number of likely N-dealkylation sites (tertiary alicyclic amines) is 1. The van der Waals surface area contributed by atoms with E-state index in [1.54, 1.807) is 18.2 Å². The molecule has 2 amide bonds. The number of ether oxygens (including phenoxy) is 2. The zero-order valence-corrected chi connectivity index (χ0v) is 20.7. The van der Waals surface area contributed by atoms with Gasteiger partial charge in [0.15, 0.2) is 0 Å². The Kier molecular flexibility index (Phi) is 7.29. The second-order valence-corrected chi connectivity index (χ2v) is 9.73. The van der Waals surface area contributed by atoms with Crippen molar-refractivity contribution in [3.63, 3.8) is 0 Å². The van der Waals surface area contributed by atoms with Gasteiger partial charge in [-0.15, -0.1) is 0 Å². The molecule has 0 spiro atoms. The molecule has 2 aromatic carbocycles. The third kappa shape index (κ3) is 5.92. The minimum Gasteiger partial charge on any atom is -0.474 e. The van der Waals surface area contributed by atoms with Crippen molar-refractivity contribution in [3.05, 3.63) is 82.5 Å². The van der Waals surface area contributed by atoms with E-state index >= 15 is 0 Å². The molecule has 8 nitrogen and oxygen atoms in total. The van der Waals surface area contributed by atoms with Crippen LogP contribution in [0.15, 0.2) is 65.8 Å². The summed E-state index contributed by atoms with van der Waals surface area (Å²) in [4.78, 5) is 34.5. The number of aromatic nitrogens is 2. The van der Waals surface area contributed by atoms with Crippen LogP contribution in [0.25, 0.3) is 6.08 Å². The summed E-state index contributed by atoms with van der Waals surface area (Å²) in [7, 11) is 0. The van der Waals surface area contributed by atoms with Gasteiger partial charge in [0.25, 0.3) is 11.1 Å². The predicted octanol–water partition coefficient (Wildman–Crippen LogP) is 4.94. The Bertz CT molecular complexity index is 1270. The fraction of sp³-hybridized carbons (Fsp3) is 0.259. The normalized spacial score (nSPS) is 17.9. The van der Waals surface area contributed by atoms with E-state index in [1.165, 1.54) is 11.9 Å². The topological polar surface area (TPSA) is 93.6 Å². The number of benzene rings is 2. The summed E-state index contributed by atoms with van der Waals surface area (Å²) in [5, 5.41) is 1.89. The Labute approximate surface area is 213 Å². The Hall–Kier alpha value is -3.69. The maximum atomic E-state index is 11.7. The van der Waals surface area contributed by atoms with Crippen LogP contribution >= 0.6 is 11.8 Å². The summed E-state index contributed by atoms with van der Waals surface area (Å²) in [5.74, 6) is 1.19. The maximum absolute atomic E-state index is 11.7. The zero-order chi connectivity index (χ0) is 24.9. The van der Waals surface area contributed by atoms with Gasteiger partial charge < -0.3 is 9.47 Å². The van der Waals surface area contributed by atoms with Crippen molar-refractivity contribution < 1.29 is 19.1 Å². The summed E-state index contributed by atoms with van der Waals surface area (Å²) in [6.45, 7) is 4.80. The van der Waals surface area contributed by atoms with Crippen LogP contribution < -0.4 is 14.8 Å². The summed E-state index contributed by atoms with van der Waals surface area (Å²) in [6.07, 6.45) is 5.09. The van der Waals surface area contributed by atoms with E-state index in [9.17, 15) is 9.59 Å². The molecule has 0 unspecified atom stereocenters. The van der Waals surface area contributed by atoms with Crippen molar-refractivity contribution in [2.24, 2.45) is 0 Å². The number of nitrogens with one attached hydrogen (secondary N) is 1. The zero-order valence-electron chi connectivity index (χ0n) is 19.8. The van der Waals surface area contributed by atoms with Crippen LogP contribution in [0.1, 0.15) is 29.5 Å². The van der Waals surface area contributed by atoms with Crippen LogP contribution in [-0.4, -0.2) is 45.2 Å². The van der Waals surface area contributed by atoms with Crippen molar-refractivity contribution in [2.45, 2.75) is 32.4 Å². The molecule has 184 valence electrons. The van der Waals surface area contributed by atoms with E-state index in [0.717, 1.165) is 55.4 Å². The van der Waals surface area contributed by atoms with Crippen molar-refractivity contribution in [1.29, 1.82) is 0 Å². The van der Waals surface area contributed by atoms with Crippen LogP contribution in [0.4, 0.5) is 4.79 Å². The van der Waals surface area contributed by atoms with Crippen molar-refractivity contribution >= 4 is 29.0 Å². The predicted molar refractivity (Wildman–Crippen MR) is 138 cm³/mol. The second kappa shape index (κ2) is 10.9. The smallest absolute Gasteiger partial charge is 0.290 e. The van der Waals surface area contributed by atoms with Crippen molar-refractivity contribution in [2.75, 3.05) is 13.1 Å². The van der Waals surface area contributed by atoms with E-state index in [2.05, 4.69) is 44.5 Å². The molecule has 2 aliphatic heterocycles. The van der Waals surface area contributed by atoms with Crippen LogP contribution in [0, 0.1) is 6.92 Å². The molecule has 3 aromatic rings. The van der Waals surface area contributed by atoms with Gasteiger partial charge in [-0.25, -0.2) is 9.97 Å². The average Bonchev–Trinajstić information content (AvgIpc) is 3.20. The molecule has 36 heavy (non-hydrogen) atoms. The minimum absolute atomic E-state index is 0.100. The fourth-order valence-corrected chi connectivity index (χ4v) is 4.82. The van der Waals surface area contributed by atoms with E-state index < -0.39 is 0 Å². The highest BCUT2D eigenvalue weighted by Crippen LogP contribution is 2.30. The molecular formula is C27H26N4O4S. The van der Waals surface area contributed by atoms with Crippen LogP contribution in [-0.2, 0) is 11.3 Å². The molecule has 0 aliphatic carbocycles. The number of hydrogen-bond donors (Lipinski definition) is 1. The molecule has 0 radical (unpaired) electrons. The lowest BCUT2D eigenvalue weighted by molar-refractivity contribution is -0.115. The highest BCUT2D eigenvalue weighted by Gasteiger charge is 2.25. The third-order valence-electron chi connectivity index (χ3n) is 6.09. The largest absolute Gasteiger partial charge is 0.474 e. The SMILES string of the molecule is Cc1c(Oc2ccc(/C=C3\SC(=O)NC3=O)cc2)ncnc1OC1CCN(Cc2ccccc2)CC1. The standard InChI is InChI=1S/C27H26N4O4S/c1-18-25(34-21-9-7-19(8-10-21)15-23-24(32)30-27(33)36-23)28-17-29-26(18)35-22-11-13-31(14-12-22)16-20-5-3-2-4-6-20/h2-10,15,17,22H,11-14,16H2,1H3,(H,30,32,33)/b23-15-. The van der Waals surface area contributed by atoms with Gasteiger partial charge in [-0.2, -0.15) is 0 Å². The number of thioether (sulfide) groups is 1. The molecule has 1 aromatic heterocycles. The Morgan fingerprint density at radius 3 is 2.44 bits per heavy atom. The summed E-state index contributed by atoms with van der Waals surface area (Å²) in [6, 6.07) is 17.7. The van der Waals surface area contributed by atoms with Crippen molar-refractivity contribution in [1.82, 2.24) is 20.2 Å². The first kappa shape index (κ1) is 24.0. The van der Waals surface area contributed by atoms with Gasteiger partial charge in [0.05, 0.1) is 10.5 Å². The number of rotatable bonds is 7. The number of piperidine rings is 1. The highest BCUT2D eigenvalue weighted by atomic mass is 32.2. The quantitative estimate of drug-likeness (QED) is 0.454. The van der Waals surface area contributed by atoms with Gasteiger partial charge >= 0.3 is 0 Å². The molecule has 0 bridgehead atoms. The molecule has 2 saturated heterocycles. The molecule has 2 aliphatic rings. The lowest BCUT2D eigenvalue weighted by atomic mass is 10.1. The molecule has 0 atom stereocenters. The number of carbonyl (C=O) groups excluding carboxylic acids is 2. The molecule has 9 heteroatoms. The van der Waals surface area contributed by atoms with Crippen LogP contribution in [0.3, 0.4) is 0 Å². The number of hydrogen-bond acceptors (Lipinski definition) is 8. The minimum atomic E-state index is -0.378. The first-order valence-electron chi connectivity index (χ1n) is 11.8. The lowest BCUT2D eigenvalue weighted by Gasteiger charge is -2.32. The van der Waals surface area contributed by atoms with E-state index in [4.69, 9.17) is 9.47 Å². The van der Waals surface area contributed by atoms with Gasteiger partial charge in [0.1, 0.15) is 18.2 Å². The molecular weight excluding hydrogens is 476 g/mol. The highest BCUT2D eigenvalue weighted by molar-refractivity contribution is 8.18. The van der Waals surface area contributed by atoms with Gasteiger partial charge in [-0.3, -0.25) is 19.8 Å². The van der Waals surface area contributed by atoms with E-state index in [1.807, 2.05) is 25.1 Å². The third-order valence-corrected chi connectivity index (χ3v) is 6.90. The molecule has 1 N–H and O–H groups in total. The molecule has 5 rings (SSSR count). The van der Waals surface area contributed by atoms with E-state index in [0.29, 0.717) is 22.4 Å². The Morgan fingerprint density at radius 2 is 1.75 bits per heavy atom.